The Morgan fingerprint density at radius 3 is 0.819 bits per heavy atom. The van der Waals surface area contributed by atoms with E-state index in [0.717, 1.165) is 108 Å². The van der Waals surface area contributed by atoms with Crippen molar-refractivity contribution in [3.05, 3.63) is 0 Å². The molecule has 5 atom stereocenters. The van der Waals surface area contributed by atoms with E-state index in [-0.39, 0.29) is 25.7 Å². The molecule has 0 aromatic rings. The monoisotopic (exact) mass is 1230 g/mol. The molecule has 17 nitrogen and oxygen atoms in total. The zero-order valence-corrected chi connectivity index (χ0v) is 55.4. The van der Waals surface area contributed by atoms with Gasteiger partial charge in [-0.1, -0.05) is 260 Å². The first kappa shape index (κ1) is 81.1. The maximum absolute atomic E-state index is 13.0. The third-order valence-corrected chi connectivity index (χ3v) is 16.5. The van der Waals surface area contributed by atoms with E-state index in [4.69, 9.17) is 37.0 Å². The fourth-order valence-corrected chi connectivity index (χ4v) is 11.1. The van der Waals surface area contributed by atoms with Crippen LogP contribution in [0.1, 0.15) is 312 Å². The lowest BCUT2D eigenvalue weighted by Gasteiger charge is -2.21. The first-order chi connectivity index (χ1) is 39.7. The molecule has 0 fully saturated rings. The number of phosphoric ester groups is 2. The number of rotatable bonds is 62. The molecule has 492 valence electrons. The number of aliphatic hydroxyl groups is 1. The zero-order valence-electron chi connectivity index (χ0n) is 53.6. The second-order valence-corrected chi connectivity index (χ2v) is 27.5. The molecule has 19 heteroatoms. The number of esters is 4. The van der Waals surface area contributed by atoms with Crippen LogP contribution in [-0.2, 0) is 65.4 Å². The highest BCUT2D eigenvalue weighted by molar-refractivity contribution is 7.47. The quantitative estimate of drug-likeness (QED) is 0.0222. The van der Waals surface area contributed by atoms with Crippen molar-refractivity contribution in [3.63, 3.8) is 0 Å². The molecule has 83 heavy (non-hydrogen) atoms. The summed E-state index contributed by atoms with van der Waals surface area (Å²) in [6, 6.07) is 0. The van der Waals surface area contributed by atoms with Crippen LogP contribution in [-0.4, -0.2) is 96.7 Å². The van der Waals surface area contributed by atoms with Gasteiger partial charge in [0.2, 0.25) is 0 Å². The predicted octanol–water partition coefficient (Wildman–Crippen LogP) is 17.5. The number of aliphatic hydroxyl groups excluding tert-OH is 1. The second kappa shape index (κ2) is 55.4. The summed E-state index contributed by atoms with van der Waals surface area (Å²) in [4.78, 5) is 72.1. The minimum Gasteiger partial charge on any atom is -0.462 e. The van der Waals surface area contributed by atoms with Gasteiger partial charge in [0.1, 0.15) is 19.3 Å². The molecule has 0 aromatic carbocycles. The summed E-state index contributed by atoms with van der Waals surface area (Å²) < 4.78 is 67.9. The first-order valence-electron chi connectivity index (χ1n) is 33.3. The van der Waals surface area contributed by atoms with E-state index in [1.165, 1.54) is 116 Å². The topological polar surface area (TPSA) is 237 Å². The maximum Gasteiger partial charge on any atom is 0.472 e. The van der Waals surface area contributed by atoms with Crippen molar-refractivity contribution >= 4 is 39.5 Å². The van der Waals surface area contributed by atoms with Gasteiger partial charge in [-0.15, -0.1) is 0 Å². The molecule has 0 aliphatic rings. The lowest BCUT2D eigenvalue weighted by Crippen LogP contribution is -2.30. The van der Waals surface area contributed by atoms with Crippen LogP contribution in [0.3, 0.4) is 0 Å². The van der Waals surface area contributed by atoms with Crippen molar-refractivity contribution in [1.82, 2.24) is 0 Å². The van der Waals surface area contributed by atoms with E-state index >= 15 is 0 Å². The van der Waals surface area contributed by atoms with Gasteiger partial charge in [0.25, 0.3) is 0 Å². The standard InChI is InChI=1S/C64H124O17P2/c1-8-9-10-11-12-24-31-38-45-61(66)74-51-60(81-64(69)48-41-34-27-20-23-30-37-44-57(6)7)54-79-83(72,73)77-50-58(65)49-76-82(70,71)78-53-59(52-75-62(67)46-39-32-25-19-18-22-29-36-43-56(4)5)80-63(68)47-40-33-26-17-15-13-14-16-21-28-35-42-55(2)3/h55-60,65H,8-54H2,1-7H3,(H,70,71)(H,72,73)/t58-,59-,60-/m1/s1. The molecule has 0 radical (unpaired) electrons. The molecule has 0 aromatic heterocycles. The predicted molar refractivity (Wildman–Crippen MR) is 331 cm³/mol. The van der Waals surface area contributed by atoms with Crippen LogP contribution in [0.2, 0.25) is 0 Å². The van der Waals surface area contributed by atoms with E-state index in [0.29, 0.717) is 31.6 Å². The molecule has 0 spiro atoms. The minimum atomic E-state index is -4.95. The average Bonchev–Trinajstić information content (AvgIpc) is 3.43. The lowest BCUT2D eigenvalue weighted by molar-refractivity contribution is -0.161. The van der Waals surface area contributed by atoms with Crippen molar-refractivity contribution in [2.45, 2.75) is 330 Å². The van der Waals surface area contributed by atoms with Gasteiger partial charge in [0.15, 0.2) is 12.2 Å². The Morgan fingerprint density at radius 1 is 0.325 bits per heavy atom. The number of carbonyl (C=O) groups is 4. The van der Waals surface area contributed by atoms with Gasteiger partial charge in [-0.05, 0) is 43.4 Å². The Balaban J connectivity index is 5.23. The van der Waals surface area contributed by atoms with Crippen LogP contribution in [0.4, 0.5) is 0 Å². The number of hydrogen-bond donors (Lipinski definition) is 3. The molecule has 3 N–H and O–H groups in total. The Labute approximate surface area is 505 Å². The van der Waals surface area contributed by atoms with Crippen molar-refractivity contribution < 1.29 is 80.2 Å². The van der Waals surface area contributed by atoms with Crippen molar-refractivity contribution in [3.8, 4) is 0 Å². The Hall–Kier alpha value is -1.94. The second-order valence-electron chi connectivity index (χ2n) is 24.6. The molecule has 0 heterocycles. The molecule has 0 bridgehead atoms. The maximum atomic E-state index is 13.0. The highest BCUT2D eigenvalue weighted by atomic mass is 31.2. The lowest BCUT2D eigenvalue weighted by atomic mass is 10.0. The van der Waals surface area contributed by atoms with Crippen LogP contribution in [0.25, 0.3) is 0 Å². The van der Waals surface area contributed by atoms with Gasteiger partial charge >= 0.3 is 39.5 Å². The van der Waals surface area contributed by atoms with E-state index in [1.54, 1.807) is 0 Å². The van der Waals surface area contributed by atoms with Gasteiger partial charge in [-0.3, -0.25) is 37.3 Å². The summed E-state index contributed by atoms with van der Waals surface area (Å²) in [5.41, 5.74) is 0. The normalized spacial score (nSPS) is 14.4. The fraction of sp³-hybridized carbons (Fsp3) is 0.938. The van der Waals surface area contributed by atoms with Crippen LogP contribution in [0.15, 0.2) is 0 Å². The number of ether oxygens (including phenoxy) is 4. The third-order valence-electron chi connectivity index (χ3n) is 14.6. The zero-order chi connectivity index (χ0) is 61.7. The average molecular weight is 1230 g/mol. The summed E-state index contributed by atoms with van der Waals surface area (Å²) in [6.07, 6.45) is 36.3. The van der Waals surface area contributed by atoms with Crippen LogP contribution in [0, 0.1) is 17.8 Å². The van der Waals surface area contributed by atoms with E-state index < -0.39 is 97.5 Å². The molecule has 0 aliphatic heterocycles. The molecule has 0 rings (SSSR count). The molecule has 0 saturated heterocycles. The number of hydrogen-bond acceptors (Lipinski definition) is 15. The highest BCUT2D eigenvalue weighted by Gasteiger charge is 2.30. The van der Waals surface area contributed by atoms with Gasteiger partial charge < -0.3 is 33.8 Å². The van der Waals surface area contributed by atoms with Gasteiger partial charge in [0, 0.05) is 25.7 Å². The SMILES string of the molecule is CCCCCCCCCCC(=O)OC[C@H](COP(=O)(O)OC[C@H](O)COP(=O)(O)OC[C@@H](COC(=O)CCCCCCCCCCC(C)C)OC(=O)CCCCCCCCCCCCCC(C)C)OC(=O)CCCCCCCCCC(C)C. The molecule has 0 aliphatic carbocycles. The molecule has 0 amide bonds. The van der Waals surface area contributed by atoms with Crippen molar-refractivity contribution in [2.24, 2.45) is 17.8 Å². The fourth-order valence-electron chi connectivity index (χ4n) is 9.48. The van der Waals surface area contributed by atoms with Gasteiger partial charge in [0.05, 0.1) is 26.4 Å². The van der Waals surface area contributed by atoms with Crippen LogP contribution >= 0.6 is 15.6 Å². The molecule has 2 unspecified atom stereocenters. The molecular weight excluding hydrogens is 1100 g/mol. The van der Waals surface area contributed by atoms with Crippen molar-refractivity contribution in [1.29, 1.82) is 0 Å². The summed E-state index contributed by atoms with van der Waals surface area (Å²) in [6.45, 7) is 11.7. The van der Waals surface area contributed by atoms with Crippen LogP contribution in [0.5, 0.6) is 0 Å². The largest absolute Gasteiger partial charge is 0.472 e. The number of carbonyl (C=O) groups excluding carboxylic acids is 4. The summed E-state index contributed by atoms with van der Waals surface area (Å²) in [5.74, 6) is 0.0477. The first-order valence-corrected chi connectivity index (χ1v) is 36.3. The minimum absolute atomic E-state index is 0.103. The Kier molecular flexibility index (Phi) is 54.1. The van der Waals surface area contributed by atoms with Crippen molar-refractivity contribution in [2.75, 3.05) is 39.6 Å². The Bertz CT molecular complexity index is 1650. The van der Waals surface area contributed by atoms with E-state index in [2.05, 4.69) is 48.5 Å². The summed E-state index contributed by atoms with van der Waals surface area (Å²) in [5, 5.41) is 10.5. The smallest absolute Gasteiger partial charge is 0.462 e. The Morgan fingerprint density at radius 2 is 0.554 bits per heavy atom. The number of phosphoric acid groups is 2. The highest BCUT2D eigenvalue weighted by Crippen LogP contribution is 2.45. The molecule has 0 saturated carbocycles. The summed E-state index contributed by atoms with van der Waals surface area (Å²) in [7, 11) is -9.89. The number of unbranched alkanes of at least 4 members (excludes halogenated alkanes) is 30. The van der Waals surface area contributed by atoms with E-state index in [1.807, 2.05) is 0 Å². The van der Waals surface area contributed by atoms with Gasteiger partial charge in [-0.2, -0.15) is 0 Å². The molecular formula is C64H124O17P2. The van der Waals surface area contributed by atoms with Gasteiger partial charge in [-0.25, -0.2) is 9.13 Å². The van der Waals surface area contributed by atoms with Crippen LogP contribution < -0.4 is 0 Å². The third kappa shape index (κ3) is 58.8. The van der Waals surface area contributed by atoms with E-state index in [9.17, 15) is 43.2 Å². The summed E-state index contributed by atoms with van der Waals surface area (Å²) >= 11 is 0.